The molecule has 2 fully saturated rings. The summed E-state index contributed by atoms with van der Waals surface area (Å²) in [7, 11) is 0. The SMILES string of the molecule is Nc1cc(Cl)nc(N2CCC[C@H]3CCCC[C@H]32)c1. The molecule has 2 N–H and O–H groups in total. The second kappa shape index (κ2) is 4.96. The van der Waals surface area contributed by atoms with Crippen molar-refractivity contribution in [2.24, 2.45) is 5.92 Å². The minimum Gasteiger partial charge on any atom is -0.399 e. The Morgan fingerprint density at radius 3 is 2.78 bits per heavy atom. The fourth-order valence-corrected chi connectivity index (χ4v) is 3.77. The lowest BCUT2D eigenvalue weighted by Gasteiger charge is -2.44. The largest absolute Gasteiger partial charge is 0.399 e. The van der Waals surface area contributed by atoms with Crippen molar-refractivity contribution in [1.29, 1.82) is 0 Å². The Hall–Kier alpha value is -0.960. The minimum absolute atomic E-state index is 0.503. The van der Waals surface area contributed by atoms with Gasteiger partial charge in [0.05, 0.1) is 0 Å². The molecular weight excluding hydrogens is 246 g/mol. The molecule has 1 saturated carbocycles. The van der Waals surface area contributed by atoms with Gasteiger partial charge in [-0.15, -0.1) is 0 Å². The Balaban J connectivity index is 1.89. The van der Waals surface area contributed by atoms with Crippen molar-refractivity contribution in [1.82, 2.24) is 4.98 Å². The summed E-state index contributed by atoms with van der Waals surface area (Å²) in [5.41, 5.74) is 6.59. The van der Waals surface area contributed by atoms with Crippen molar-refractivity contribution in [3.05, 3.63) is 17.3 Å². The Morgan fingerprint density at radius 1 is 1.17 bits per heavy atom. The summed E-state index contributed by atoms with van der Waals surface area (Å²) < 4.78 is 0. The summed E-state index contributed by atoms with van der Waals surface area (Å²) in [4.78, 5) is 6.90. The standard InChI is InChI=1S/C14H20ClN3/c15-13-8-11(16)9-14(17-13)18-7-3-5-10-4-1-2-6-12(10)18/h8-10,12H,1-7H2,(H2,16,17)/t10-,12-/m1/s1. The molecule has 1 aromatic heterocycles. The van der Waals surface area contributed by atoms with Crippen LogP contribution in [0.15, 0.2) is 12.1 Å². The highest BCUT2D eigenvalue weighted by atomic mass is 35.5. The monoisotopic (exact) mass is 265 g/mol. The molecule has 0 radical (unpaired) electrons. The van der Waals surface area contributed by atoms with Crippen LogP contribution in [0, 0.1) is 5.92 Å². The number of fused-ring (bicyclic) bond motifs is 1. The number of piperidine rings is 1. The molecule has 4 heteroatoms. The summed E-state index contributed by atoms with van der Waals surface area (Å²) in [5, 5.41) is 0.503. The van der Waals surface area contributed by atoms with Gasteiger partial charge < -0.3 is 10.6 Å². The molecular formula is C14H20ClN3. The molecule has 0 spiro atoms. The van der Waals surface area contributed by atoms with Crippen molar-refractivity contribution in [2.45, 2.75) is 44.6 Å². The molecule has 18 heavy (non-hydrogen) atoms. The highest BCUT2D eigenvalue weighted by Crippen LogP contribution is 2.37. The fraction of sp³-hybridized carbons (Fsp3) is 0.643. The maximum Gasteiger partial charge on any atom is 0.133 e. The van der Waals surface area contributed by atoms with Crippen LogP contribution in [-0.4, -0.2) is 17.6 Å². The molecule has 1 aliphatic heterocycles. The molecule has 0 bridgehead atoms. The zero-order valence-corrected chi connectivity index (χ0v) is 11.4. The first-order chi connectivity index (χ1) is 8.74. The molecule has 0 aromatic carbocycles. The van der Waals surface area contributed by atoms with E-state index in [0.717, 1.165) is 18.3 Å². The number of hydrogen-bond donors (Lipinski definition) is 1. The maximum atomic E-state index is 6.03. The van der Waals surface area contributed by atoms with E-state index in [1.165, 1.54) is 38.5 Å². The lowest BCUT2D eigenvalue weighted by molar-refractivity contribution is 0.243. The fourth-order valence-electron chi connectivity index (χ4n) is 3.56. The number of rotatable bonds is 1. The first-order valence-corrected chi connectivity index (χ1v) is 7.31. The number of nitrogen functional groups attached to an aromatic ring is 1. The van der Waals surface area contributed by atoms with Crippen LogP contribution in [0.4, 0.5) is 11.5 Å². The van der Waals surface area contributed by atoms with E-state index in [0.29, 0.717) is 16.9 Å². The van der Waals surface area contributed by atoms with Gasteiger partial charge in [-0.05, 0) is 37.7 Å². The lowest BCUT2D eigenvalue weighted by Crippen LogP contribution is -2.47. The summed E-state index contributed by atoms with van der Waals surface area (Å²) in [6.07, 6.45) is 8.02. The molecule has 3 rings (SSSR count). The van der Waals surface area contributed by atoms with Gasteiger partial charge in [0.1, 0.15) is 11.0 Å². The Bertz CT molecular complexity index is 413. The zero-order chi connectivity index (χ0) is 12.5. The highest BCUT2D eigenvalue weighted by molar-refractivity contribution is 6.29. The highest BCUT2D eigenvalue weighted by Gasteiger charge is 2.33. The third-order valence-corrected chi connectivity index (χ3v) is 4.53. The minimum atomic E-state index is 0.503. The van der Waals surface area contributed by atoms with E-state index >= 15 is 0 Å². The van der Waals surface area contributed by atoms with Gasteiger partial charge >= 0.3 is 0 Å². The summed E-state index contributed by atoms with van der Waals surface area (Å²) in [5.74, 6) is 1.81. The van der Waals surface area contributed by atoms with Crippen LogP contribution in [-0.2, 0) is 0 Å². The van der Waals surface area contributed by atoms with Crippen molar-refractivity contribution in [3.63, 3.8) is 0 Å². The van der Waals surface area contributed by atoms with Gasteiger partial charge in [0.25, 0.3) is 0 Å². The van der Waals surface area contributed by atoms with Crippen LogP contribution < -0.4 is 10.6 Å². The predicted molar refractivity (Wildman–Crippen MR) is 76.0 cm³/mol. The molecule has 1 saturated heterocycles. The molecule has 2 aliphatic rings. The average molecular weight is 266 g/mol. The summed E-state index contributed by atoms with van der Waals surface area (Å²) in [6.45, 7) is 1.09. The van der Waals surface area contributed by atoms with Gasteiger partial charge in [0.15, 0.2) is 0 Å². The number of nitrogens with zero attached hydrogens (tertiary/aromatic N) is 2. The number of anilines is 2. The number of pyridine rings is 1. The van der Waals surface area contributed by atoms with Crippen LogP contribution in [0.25, 0.3) is 0 Å². The van der Waals surface area contributed by atoms with E-state index in [-0.39, 0.29) is 0 Å². The van der Waals surface area contributed by atoms with Gasteiger partial charge in [-0.2, -0.15) is 0 Å². The maximum absolute atomic E-state index is 6.03. The zero-order valence-electron chi connectivity index (χ0n) is 10.6. The smallest absolute Gasteiger partial charge is 0.133 e. The number of halogens is 1. The quantitative estimate of drug-likeness (QED) is 0.791. The predicted octanol–water partition coefficient (Wildman–Crippen LogP) is 3.48. The van der Waals surface area contributed by atoms with Crippen LogP contribution >= 0.6 is 11.6 Å². The molecule has 1 aromatic rings. The molecule has 0 unspecified atom stereocenters. The van der Waals surface area contributed by atoms with E-state index in [1.54, 1.807) is 6.07 Å². The van der Waals surface area contributed by atoms with Crippen molar-refractivity contribution < 1.29 is 0 Å². The van der Waals surface area contributed by atoms with Gasteiger partial charge in [0.2, 0.25) is 0 Å². The van der Waals surface area contributed by atoms with Crippen LogP contribution in [0.2, 0.25) is 5.15 Å². The van der Waals surface area contributed by atoms with Crippen molar-refractivity contribution in [3.8, 4) is 0 Å². The van der Waals surface area contributed by atoms with E-state index in [4.69, 9.17) is 17.3 Å². The van der Waals surface area contributed by atoms with E-state index < -0.39 is 0 Å². The summed E-state index contributed by atoms with van der Waals surface area (Å²) >= 11 is 6.03. The third kappa shape index (κ3) is 2.28. The van der Waals surface area contributed by atoms with Crippen molar-refractivity contribution >= 4 is 23.1 Å². The molecule has 0 amide bonds. The summed E-state index contributed by atoms with van der Waals surface area (Å²) in [6, 6.07) is 4.33. The number of hydrogen-bond acceptors (Lipinski definition) is 3. The molecule has 2 atom stereocenters. The first-order valence-electron chi connectivity index (χ1n) is 6.94. The van der Waals surface area contributed by atoms with E-state index in [9.17, 15) is 0 Å². The Morgan fingerprint density at radius 2 is 1.94 bits per heavy atom. The van der Waals surface area contributed by atoms with E-state index in [1.807, 2.05) is 6.07 Å². The van der Waals surface area contributed by atoms with Gasteiger partial charge in [-0.1, -0.05) is 24.4 Å². The van der Waals surface area contributed by atoms with E-state index in [2.05, 4.69) is 9.88 Å². The Kier molecular flexibility index (Phi) is 3.33. The molecule has 98 valence electrons. The third-order valence-electron chi connectivity index (χ3n) is 4.34. The lowest BCUT2D eigenvalue weighted by atomic mass is 9.78. The number of nitrogens with two attached hydrogens (primary N) is 1. The molecule has 2 heterocycles. The molecule has 1 aliphatic carbocycles. The van der Waals surface area contributed by atoms with Crippen LogP contribution in [0.3, 0.4) is 0 Å². The van der Waals surface area contributed by atoms with Crippen LogP contribution in [0.5, 0.6) is 0 Å². The van der Waals surface area contributed by atoms with Gasteiger partial charge in [-0.25, -0.2) is 4.98 Å². The van der Waals surface area contributed by atoms with Gasteiger partial charge in [-0.3, -0.25) is 0 Å². The molecule has 3 nitrogen and oxygen atoms in total. The Labute approximate surface area is 113 Å². The second-order valence-corrected chi connectivity index (χ2v) is 5.92. The second-order valence-electron chi connectivity index (χ2n) is 5.53. The van der Waals surface area contributed by atoms with Gasteiger partial charge in [0, 0.05) is 24.3 Å². The normalized spacial score (nSPS) is 27.9. The average Bonchev–Trinajstić information content (AvgIpc) is 2.37. The topological polar surface area (TPSA) is 42.1 Å². The van der Waals surface area contributed by atoms with Crippen LogP contribution in [0.1, 0.15) is 38.5 Å². The van der Waals surface area contributed by atoms with Crippen molar-refractivity contribution in [2.75, 3.05) is 17.2 Å². The first kappa shape index (κ1) is 12.1. The number of aromatic nitrogens is 1.